The molecular formula is C47H46O14. The number of hydrogen-bond donors (Lipinski definition) is 2. The fourth-order valence-corrected chi connectivity index (χ4v) is 7.34. The molecule has 14 nitrogen and oxygen atoms in total. The highest BCUT2D eigenvalue weighted by molar-refractivity contribution is 5.90. The molecule has 0 aromatic heterocycles. The van der Waals surface area contributed by atoms with E-state index in [4.69, 9.17) is 47.4 Å². The number of aliphatic hydroxyl groups excluding tert-OH is 2. The van der Waals surface area contributed by atoms with Gasteiger partial charge in [0.25, 0.3) is 0 Å². The Morgan fingerprint density at radius 1 is 0.623 bits per heavy atom. The maximum absolute atomic E-state index is 13.6. The van der Waals surface area contributed by atoms with Crippen LogP contribution in [0.3, 0.4) is 0 Å². The first kappa shape index (κ1) is 42.0. The normalized spacial score (nSPS) is 28.5. The Labute approximate surface area is 352 Å². The predicted molar refractivity (Wildman–Crippen MR) is 215 cm³/mol. The third kappa shape index (κ3) is 10.1. The second-order valence-corrected chi connectivity index (χ2v) is 14.6. The molecule has 3 saturated heterocycles. The molecule has 3 aliphatic heterocycles. The van der Waals surface area contributed by atoms with E-state index < -0.39 is 79.6 Å². The van der Waals surface area contributed by atoms with Gasteiger partial charge in [-0.3, -0.25) is 0 Å². The number of fused-ring (bicyclic) bond motifs is 1. The summed E-state index contributed by atoms with van der Waals surface area (Å²) in [5.41, 5.74) is 2.02. The highest BCUT2D eigenvalue weighted by Gasteiger charge is 2.56. The zero-order valence-electron chi connectivity index (χ0n) is 33.1. The van der Waals surface area contributed by atoms with E-state index in [1.807, 2.05) is 60.7 Å². The van der Waals surface area contributed by atoms with Crippen LogP contribution >= 0.6 is 0 Å². The third-order valence-electron chi connectivity index (χ3n) is 10.5. The molecule has 2 N–H and O–H groups in total. The minimum Gasteiger partial charge on any atom is -0.497 e. The van der Waals surface area contributed by atoms with Gasteiger partial charge in [-0.25, -0.2) is 9.59 Å². The molecule has 0 saturated carbocycles. The van der Waals surface area contributed by atoms with Gasteiger partial charge in [-0.05, 0) is 54.1 Å². The monoisotopic (exact) mass is 834 g/mol. The van der Waals surface area contributed by atoms with Crippen molar-refractivity contribution in [1.82, 2.24) is 0 Å². The first-order valence-electron chi connectivity index (χ1n) is 19.9. The summed E-state index contributed by atoms with van der Waals surface area (Å²) < 4.78 is 61.5. The van der Waals surface area contributed by atoms with Crippen LogP contribution in [0.4, 0.5) is 0 Å². The summed E-state index contributed by atoms with van der Waals surface area (Å²) >= 11 is 0. The van der Waals surface area contributed by atoms with Crippen LogP contribution in [0.25, 0.3) is 0 Å². The fraction of sp³-hybridized carbons (Fsp3) is 0.319. The second kappa shape index (κ2) is 19.8. The van der Waals surface area contributed by atoms with Gasteiger partial charge in [-0.15, -0.1) is 0 Å². The van der Waals surface area contributed by atoms with Crippen LogP contribution in [0.15, 0.2) is 146 Å². The van der Waals surface area contributed by atoms with Crippen molar-refractivity contribution in [3.8, 4) is 11.5 Å². The molecule has 5 aromatic rings. The van der Waals surface area contributed by atoms with Crippen molar-refractivity contribution in [2.45, 2.75) is 74.3 Å². The van der Waals surface area contributed by atoms with Gasteiger partial charge in [0.05, 0.1) is 38.1 Å². The van der Waals surface area contributed by atoms with Crippen LogP contribution in [-0.2, 0) is 44.5 Å². The molecule has 14 heteroatoms. The number of ether oxygens (including phenoxy) is 10. The average molecular weight is 835 g/mol. The maximum atomic E-state index is 13.6. The number of hydrogen-bond acceptors (Lipinski definition) is 14. The van der Waals surface area contributed by atoms with Crippen molar-refractivity contribution in [2.75, 3.05) is 20.3 Å². The number of aliphatic hydroxyl groups is 2. The van der Waals surface area contributed by atoms with Gasteiger partial charge in [0, 0.05) is 5.56 Å². The molecule has 5 aromatic carbocycles. The van der Waals surface area contributed by atoms with Crippen molar-refractivity contribution < 1.29 is 67.2 Å². The van der Waals surface area contributed by atoms with Gasteiger partial charge >= 0.3 is 11.9 Å². The molecule has 0 aliphatic carbocycles. The molecule has 3 heterocycles. The van der Waals surface area contributed by atoms with Gasteiger partial charge in [0.2, 0.25) is 6.29 Å². The van der Waals surface area contributed by atoms with Crippen LogP contribution < -0.4 is 9.47 Å². The summed E-state index contributed by atoms with van der Waals surface area (Å²) in [5.74, 6) is -0.627. The number of methoxy groups -OCH3 is 1. The molecule has 8 rings (SSSR count). The number of esters is 2. The Balaban J connectivity index is 1.11. The lowest BCUT2D eigenvalue weighted by Crippen LogP contribution is -2.67. The number of carbonyl (C=O) groups excluding carboxylic acids is 2. The maximum Gasteiger partial charge on any atom is 0.338 e. The number of carbonyl (C=O) groups is 2. The van der Waals surface area contributed by atoms with Crippen LogP contribution in [0, 0.1) is 0 Å². The molecule has 2 unspecified atom stereocenters. The molecular weight excluding hydrogens is 789 g/mol. The van der Waals surface area contributed by atoms with Crippen LogP contribution in [0.1, 0.15) is 38.1 Å². The summed E-state index contributed by atoms with van der Waals surface area (Å²) in [5, 5.41) is 24.4. The third-order valence-corrected chi connectivity index (χ3v) is 10.5. The highest BCUT2D eigenvalue weighted by Crippen LogP contribution is 2.38. The quantitative estimate of drug-likeness (QED) is 0.136. The first-order chi connectivity index (χ1) is 29.8. The van der Waals surface area contributed by atoms with Crippen molar-refractivity contribution in [3.63, 3.8) is 0 Å². The van der Waals surface area contributed by atoms with Gasteiger partial charge in [0.1, 0.15) is 48.1 Å². The van der Waals surface area contributed by atoms with Gasteiger partial charge < -0.3 is 57.6 Å². The lowest BCUT2D eigenvalue weighted by Gasteiger charge is -2.49. The molecule has 11 atom stereocenters. The van der Waals surface area contributed by atoms with Crippen LogP contribution in [0.5, 0.6) is 11.5 Å². The fourth-order valence-electron chi connectivity index (χ4n) is 7.34. The summed E-state index contributed by atoms with van der Waals surface area (Å²) in [7, 11) is 1.54. The highest BCUT2D eigenvalue weighted by atomic mass is 16.8. The topological polar surface area (TPSA) is 167 Å². The van der Waals surface area contributed by atoms with E-state index in [0.29, 0.717) is 17.1 Å². The minimum atomic E-state index is -1.67. The van der Waals surface area contributed by atoms with Crippen LogP contribution in [0.2, 0.25) is 0 Å². The van der Waals surface area contributed by atoms with Gasteiger partial charge in [-0.1, -0.05) is 97.1 Å². The molecule has 0 radical (unpaired) electrons. The van der Waals surface area contributed by atoms with E-state index in [2.05, 4.69) is 0 Å². The van der Waals surface area contributed by atoms with E-state index in [9.17, 15) is 19.8 Å². The molecule has 0 amide bonds. The average Bonchev–Trinajstić information content (AvgIpc) is 3.31. The van der Waals surface area contributed by atoms with E-state index in [1.165, 1.54) is 7.11 Å². The zero-order chi connectivity index (χ0) is 42.1. The minimum absolute atomic E-state index is 0.0249. The van der Waals surface area contributed by atoms with Crippen molar-refractivity contribution in [3.05, 3.63) is 168 Å². The molecule has 3 aliphatic rings. The van der Waals surface area contributed by atoms with Crippen LogP contribution in [-0.4, -0.2) is 104 Å². The van der Waals surface area contributed by atoms with E-state index in [1.54, 1.807) is 84.9 Å². The second-order valence-electron chi connectivity index (χ2n) is 14.6. The Morgan fingerprint density at radius 2 is 1.18 bits per heavy atom. The Bertz CT molecular complexity index is 2140. The standard InChI is InChI=1S/C47H46O14/c1-52-33-22-24-34(25-23-33)55-46-41(58-43(50)30-16-8-3-9-17-30)37(48)39(35(56-46)27-53-26-29-14-6-2-7-15-29)61-47-42(59-44(51)31-18-10-4-11-19-31)38(49)40-36(57-47)28-54-45(60-40)32-20-12-5-13-21-32/h2-25,35-42,45-49H,26-28H2,1H3/t35-,36?,37+,38+,39-,40+,41-,42+,45?,46+,47+/m1/s1. The largest absolute Gasteiger partial charge is 0.497 e. The Kier molecular flexibility index (Phi) is 13.6. The summed E-state index contributed by atoms with van der Waals surface area (Å²) in [6.07, 6.45) is -14.4. The molecule has 3 fully saturated rings. The Hall–Kier alpha value is -5.68. The zero-order valence-corrected chi connectivity index (χ0v) is 33.1. The van der Waals surface area contributed by atoms with Crippen molar-refractivity contribution >= 4 is 11.9 Å². The van der Waals surface area contributed by atoms with Gasteiger partial charge in [0.15, 0.2) is 24.8 Å². The van der Waals surface area contributed by atoms with E-state index >= 15 is 0 Å². The van der Waals surface area contributed by atoms with Gasteiger partial charge in [-0.2, -0.15) is 0 Å². The summed E-state index contributed by atoms with van der Waals surface area (Å²) in [6, 6.07) is 41.8. The summed E-state index contributed by atoms with van der Waals surface area (Å²) in [6.45, 7) is -0.000939. The van der Waals surface area contributed by atoms with Crippen molar-refractivity contribution in [1.29, 1.82) is 0 Å². The SMILES string of the molecule is COc1ccc(O[C@H]2O[C@H](COCc3ccccc3)[C@@H](O[C@@H]3OC4COC(c5ccccc5)O[C@@H]4[C@H](O)[C@@H]3OC(=O)c3ccccc3)[C@H](O)[C@H]2OC(=O)c2ccccc2)cc1. The smallest absolute Gasteiger partial charge is 0.338 e. The lowest BCUT2D eigenvalue weighted by atomic mass is 9.95. The Morgan fingerprint density at radius 3 is 1.79 bits per heavy atom. The lowest BCUT2D eigenvalue weighted by molar-refractivity contribution is -0.382. The molecule has 61 heavy (non-hydrogen) atoms. The number of benzene rings is 5. The predicted octanol–water partition coefficient (Wildman–Crippen LogP) is 5.41. The van der Waals surface area contributed by atoms with E-state index in [0.717, 1.165) is 5.56 Å². The number of rotatable bonds is 14. The van der Waals surface area contributed by atoms with E-state index in [-0.39, 0.29) is 30.9 Å². The first-order valence-corrected chi connectivity index (χ1v) is 19.9. The molecule has 318 valence electrons. The van der Waals surface area contributed by atoms with Crippen molar-refractivity contribution in [2.24, 2.45) is 0 Å². The summed E-state index contributed by atoms with van der Waals surface area (Å²) in [4.78, 5) is 27.2. The molecule has 0 spiro atoms. The molecule has 0 bridgehead atoms.